The van der Waals surface area contributed by atoms with E-state index < -0.39 is 11.7 Å². The van der Waals surface area contributed by atoms with Crippen molar-refractivity contribution in [2.75, 3.05) is 26.2 Å². The van der Waals surface area contributed by atoms with Crippen molar-refractivity contribution in [2.24, 2.45) is 0 Å². The minimum absolute atomic E-state index is 0.00127. The highest BCUT2D eigenvalue weighted by Crippen LogP contribution is 2.37. The van der Waals surface area contributed by atoms with Crippen molar-refractivity contribution in [3.05, 3.63) is 60.3 Å². The van der Waals surface area contributed by atoms with Crippen LogP contribution in [0.25, 0.3) is 10.9 Å². The van der Waals surface area contributed by atoms with Gasteiger partial charge in [-0.15, -0.1) is 0 Å². The molecule has 0 fully saturated rings. The number of nitrogens with one attached hydrogen (secondary N) is 4. The molecule has 10 heteroatoms. The van der Waals surface area contributed by atoms with Gasteiger partial charge in [0.05, 0.1) is 26.4 Å². The molecule has 0 saturated carbocycles. The van der Waals surface area contributed by atoms with Gasteiger partial charge in [0.25, 0.3) is 5.91 Å². The number of hydrogen-bond acceptors (Lipinski definition) is 8. The van der Waals surface area contributed by atoms with E-state index in [1.165, 1.54) is 32.6 Å². The SMILES string of the molecule is COc1cc2nccc(Oc3ccc(NC(=O)C4=CNCNN4)cc3F)c2cc1OC. The minimum Gasteiger partial charge on any atom is -0.493 e. The normalized spacial score (nSPS) is 12.9. The second-order valence-corrected chi connectivity index (χ2v) is 6.48. The molecule has 0 aliphatic carbocycles. The topological polar surface area (TPSA) is 106 Å². The first-order valence-corrected chi connectivity index (χ1v) is 9.31. The van der Waals surface area contributed by atoms with Gasteiger partial charge in [-0.05, 0) is 24.3 Å². The van der Waals surface area contributed by atoms with Crippen LogP contribution in [0.2, 0.25) is 0 Å². The van der Waals surface area contributed by atoms with Gasteiger partial charge in [0.1, 0.15) is 11.4 Å². The Bertz CT molecular complexity index is 1170. The van der Waals surface area contributed by atoms with E-state index in [0.717, 1.165) is 0 Å². The van der Waals surface area contributed by atoms with Gasteiger partial charge in [-0.3, -0.25) is 9.78 Å². The fourth-order valence-corrected chi connectivity index (χ4v) is 3.02. The molecule has 0 bridgehead atoms. The number of benzene rings is 2. The Balaban J connectivity index is 1.57. The highest BCUT2D eigenvalue weighted by atomic mass is 19.1. The summed E-state index contributed by atoms with van der Waals surface area (Å²) in [7, 11) is 3.06. The smallest absolute Gasteiger partial charge is 0.274 e. The van der Waals surface area contributed by atoms with Crippen LogP contribution in [0, 0.1) is 5.82 Å². The summed E-state index contributed by atoms with van der Waals surface area (Å²) in [5.41, 5.74) is 6.67. The van der Waals surface area contributed by atoms with Gasteiger partial charge >= 0.3 is 0 Å². The number of rotatable bonds is 6. The fraction of sp³-hybridized carbons (Fsp3) is 0.143. The number of nitrogens with zero attached hydrogens (tertiary/aromatic N) is 1. The van der Waals surface area contributed by atoms with Crippen molar-refractivity contribution in [1.82, 2.24) is 21.2 Å². The number of carbonyl (C=O) groups excluding carboxylic acids is 1. The molecule has 31 heavy (non-hydrogen) atoms. The van der Waals surface area contributed by atoms with Gasteiger partial charge in [0, 0.05) is 35.6 Å². The van der Waals surface area contributed by atoms with Crippen LogP contribution < -0.4 is 35.7 Å². The molecule has 1 aliphatic heterocycles. The van der Waals surface area contributed by atoms with E-state index in [-0.39, 0.29) is 17.1 Å². The Kier molecular flexibility index (Phi) is 5.72. The number of hydrogen-bond donors (Lipinski definition) is 4. The lowest BCUT2D eigenvalue weighted by atomic mass is 10.2. The predicted octanol–water partition coefficient (Wildman–Crippen LogP) is 2.62. The van der Waals surface area contributed by atoms with Crippen LogP contribution in [0.1, 0.15) is 0 Å². The van der Waals surface area contributed by atoms with Gasteiger partial charge in [0.2, 0.25) is 0 Å². The summed E-state index contributed by atoms with van der Waals surface area (Å²) in [4.78, 5) is 16.5. The third-order valence-electron chi connectivity index (χ3n) is 4.52. The van der Waals surface area contributed by atoms with E-state index in [1.807, 2.05) is 0 Å². The number of amides is 1. The predicted molar refractivity (Wildman–Crippen MR) is 112 cm³/mol. The van der Waals surface area contributed by atoms with Crippen molar-refractivity contribution in [1.29, 1.82) is 0 Å². The molecule has 2 heterocycles. The lowest BCUT2D eigenvalue weighted by Crippen LogP contribution is -2.45. The van der Waals surface area contributed by atoms with Crippen molar-refractivity contribution in [2.45, 2.75) is 0 Å². The number of halogens is 1. The molecule has 1 amide bonds. The zero-order chi connectivity index (χ0) is 21.8. The maximum Gasteiger partial charge on any atom is 0.274 e. The van der Waals surface area contributed by atoms with Crippen LogP contribution in [0.5, 0.6) is 23.0 Å². The summed E-state index contributed by atoms with van der Waals surface area (Å²) >= 11 is 0. The molecule has 1 aromatic heterocycles. The molecule has 9 nitrogen and oxygen atoms in total. The number of pyridine rings is 1. The molecule has 0 atom stereocenters. The quantitative estimate of drug-likeness (QED) is 0.478. The summed E-state index contributed by atoms with van der Waals surface area (Å²) in [6, 6.07) is 9.24. The first-order chi connectivity index (χ1) is 15.1. The van der Waals surface area contributed by atoms with E-state index in [9.17, 15) is 9.18 Å². The maximum absolute atomic E-state index is 14.7. The lowest BCUT2D eigenvalue weighted by molar-refractivity contribution is -0.113. The zero-order valence-electron chi connectivity index (χ0n) is 16.8. The molecule has 1 aliphatic rings. The number of anilines is 1. The average Bonchev–Trinajstić information content (AvgIpc) is 2.80. The van der Waals surface area contributed by atoms with Crippen molar-refractivity contribution in [3.8, 4) is 23.0 Å². The first kappa shape index (κ1) is 20.2. The number of methoxy groups -OCH3 is 2. The van der Waals surface area contributed by atoms with Crippen LogP contribution >= 0.6 is 0 Å². The van der Waals surface area contributed by atoms with Gasteiger partial charge in [-0.25, -0.2) is 9.82 Å². The minimum atomic E-state index is -0.634. The van der Waals surface area contributed by atoms with Gasteiger partial charge in [-0.1, -0.05) is 0 Å². The molecule has 4 rings (SSSR count). The van der Waals surface area contributed by atoms with Crippen LogP contribution in [0.15, 0.2) is 54.5 Å². The summed E-state index contributed by atoms with van der Waals surface area (Å²) < 4.78 is 31.1. The third kappa shape index (κ3) is 4.28. The van der Waals surface area contributed by atoms with Gasteiger partial charge in [-0.2, -0.15) is 0 Å². The lowest BCUT2D eigenvalue weighted by Gasteiger charge is -2.17. The van der Waals surface area contributed by atoms with E-state index in [2.05, 4.69) is 26.5 Å². The Morgan fingerprint density at radius 1 is 1.06 bits per heavy atom. The Hall–Kier alpha value is -4.05. The standard InChI is InChI=1S/C21H20FN5O4/c1-29-19-8-13-15(9-20(19)30-2)24-6-5-17(13)31-18-4-3-12(7-14(18)22)26-21(28)16-10-23-11-25-27-16/h3-10,23,25,27H,11H2,1-2H3,(H,26,28). The van der Waals surface area contributed by atoms with Gasteiger partial charge in [0.15, 0.2) is 23.1 Å². The van der Waals surface area contributed by atoms with Crippen LogP contribution in [0.3, 0.4) is 0 Å². The van der Waals surface area contributed by atoms with Crippen molar-refractivity contribution >= 4 is 22.5 Å². The van der Waals surface area contributed by atoms with Crippen LogP contribution in [-0.2, 0) is 4.79 Å². The largest absolute Gasteiger partial charge is 0.493 e. The highest BCUT2D eigenvalue weighted by Gasteiger charge is 2.15. The number of aromatic nitrogens is 1. The number of hydrazine groups is 1. The van der Waals surface area contributed by atoms with E-state index in [4.69, 9.17) is 14.2 Å². The molecular weight excluding hydrogens is 405 g/mol. The molecule has 0 radical (unpaired) electrons. The third-order valence-corrected chi connectivity index (χ3v) is 4.52. The van der Waals surface area contributed by atoms with Crippen molar-refractivity contribution in [3.63, 3.8) is 0 Å². The first-order valence-electron chi connectivity index (χ1n) is 9.31. The van der Waals surface area contributed by atoms with E-state index in [1.54, 1.807) is 30.5 Å². The summed E-state index contributed by atoms with van der Waals surface area (Å²) in [5, 5.41) is 6.11. The molecule has 160 valence electrons. The summed E-state index contributed by atoms with van der Waals surface area (Å²) in [5.74, 6) is 0.368. The monoisotopic (exact) mass is 425 g/mol. The second kappa shape index (κ2) is 8.76. The maximum atomic E-state index is 14.7. The Labute approximate surface area is 177 Å². The molecule has 4 N–H and O–H groups in total. The molecule has 0 unspecified atom stereocenters. The second-order valence-electron chi connectivity index (χ2n) is 6.48. The fourth-order valence-electron chi connectivity index (χ4n) is 3.02. The highest BCUT2D eigenvalue weighted by molar-refractivity contribution is 6.03. The average molecular weight is 425 g/mol. The Morgan fingerprint density at radius 2 is 1.87 bits per heavy atom. The molecule has 3 aromatic rings. The summed E-state index contributed by atoms with van der Waals surface area (Å²) in [6.45, 7) is 0.486. The van der Waals surface area contributed by atoms with E-state index >= 15 is 0 Å². The molecular formula is C21H20FN5O4. The van der Waals surface area contributed by atoms with Crippen molar-refractivity contribution < 1.29 is 23.4 Å². The number of carbonyl (C=O) groups is 1. The number of ether oxygens (including phenoxy) is 3. The Morgan fingerprint density at radius 3 is 2.58 bits per heavy atom. The molecule has 0 spiro atoms. The van der Waals surface area contributed by atoms with Gasteiger partial charge < -0.3 is 30.3 Å². The number of fused-ring (bicyclic) bond motifs is 1. The summed E-state index contributed by atoms with van der Waals surface area (Å²) in [6.07, 6.45) is 3.08. The molecule has 2 aromatic carbocycles. The van der Waals surface area contributed by atoms with Crippen LogP contribution in [0.4, 0.5) is 10.1 Å². The zero-order valence-corrected chi connectivity index (χ0v) is 16.8. The molecule has 0 saturated heterocycles. The van der Waals surface area contributed by atoms with Crippen LogP contribution in [-0.4, -0.2) is 31.8 Å². The van der Waals surface area contributed by atoms with E-state index in [0.29, 0.717) is 34.8 Å².